The summed E-state index contributed by atoms with van der Waals surface area (Å²) in [5, 5.41) is 0. The number of rotatable bonds is 5. The highest BCUT2D eigenvalue weighted by atomic mass is 15.1. The fraction of sp³-hybridized carbons (Fsp3) is 0.148. The molecule has 0 fully saturated rings. The number of nitrogens with zero attached hydrogens (tertiary/aromatic N) is 1. The van der Waals surface area contributed by atoms with Gasteiger partial charge in [-0.3, -0.25) is 0 Å². The van der Waals surface area contributed by atoms with E-state index < -0.39 is 5.41 Å². The number of fused-ring (bicyclic) bond motifs is 12. The molecule has 298 valence electrons. The Kier molecular flexibility index (Phi) is 8.04. The molecule has 2 atom stereocenters. The van der Waals surface area contributed by atoms with Crippen LogP contribution in [0.4, 0.5) is 17.1 Å². The highest BCUT2D eigenvalue weighted by Crippen LogP contribution is 2.63. The van der Waals surface area contributed by atoms with E-state index in [-0.39, 0.29) is 10.8 Å². The van der Waals surface area contributed by atoms with Crippen molar-refractivity contribution in [1.29, 1.82) is 0 Å². The van der Waals surface area contributed by atoms with Crippen molar-refractivity contribution in [2.45, 2.75) is 49.9 Å². The Bertz CT molecular complexity index is 3090. The van der Waals surface area contributed by atoms with Crippen molar-refractivity contribution in [2.75, 3.05) is 4.90 Å². The van der Waals surface area contributed by atoms with E-state index >= 15 is 0 Å². The zero-order valence-corrected chi connectivity index (χ0v) is 35.8. The van der Waals surface area contributed by atoms with Crippen LogP contribution in [0.1, 0.15) is 78.1 Å². The molecule has 8 aromatic carbocycles. The molecule has 0 amide bonds. The smallest absolute Gasteiger partial charge is 0.0720 e. The summed E-state index contributed by atoms with van der Waals surface area (Å²) >= 11 is 0. The third kappa shape index (κ3) is 5.09. The van der Waals surface area contributed by atoms with Gasteiger partial charge in [0, 0.05) is 28.4 Å². The van der Waals surface area contributed by atoms with Crippen LogP contribution in [0.5, 0.6) is 0 Å². The van der Waals surface area contributed by atoms with Crippen LogP contribution in [-0.2, 0) is 16.2 Å². The van der Waals surface area contributed by atoms with Crippen molar-refractivity contribution < 1.29 is 0 Å². The molecule has 0 heterocycles. The highest BCUT2D eigenvalue weighted by Gasteiger charge is 2.53. The zero-order chi connectivity index (χ0) is 41.8. The lowest BCUT2D eigenvalue weighted by atomic mass is 9.55. The molecule has 1 nitrogen and oxygen atoms in total. The zero-order valence-electron chi connectivity index (χ0n) is 35.8. The fourth-order valence-corrected chi connectivity index (χ4v) is 12.1. The normalized spacial score (nSPS) is 18.6. The van der Waals surface area contributed by atoms with Gasteiger partial charge in [0.05, 0.1) is 5.41 Å². The summed E-state index contributed by atoms with van der Waals surface area (Å²) in [5.74, 6) is 0.828. The number of anilines is 3. The van der Waals surface area contributed by atoms with Crippen molar-refractivity contribution in [3.8, 4) is 33.4 Å². The molecule has 2 unspecified atom stereocenters. The van der Waals surface area contributed by atoms with E-state index in [0.29, 0.717) is 11.8 Å². The predicted octanol–water partition coefficient (Wildman–Crippen LogP) is 15.6. The first-order valence-electron chi connectivity index (χ1n) is 22.3. The molecule has 0 aliphatic heterocycles. The van der Waals surface area contributed by atoms with Crippen LogP contribution in [-0.4, -0.2) is 0 Å². The third-order valence-electron chi connectivity index (χ3n) is 15.1. The first kappa shape index (κ1) is 36.9. The van der Waals surface area contributed by atoms with E-state index in [0.717, 1.165) is 11.4 Å². The second kappa shape index (κ2) is 13.5. The van der Waals surface area contributed by atoms with Crippen LogP contribution < -0.4 is 4.90 Å². The quantitative estimate of drug-likeness (QED) is 0.168. The molecule has 0 bridgehead atoms. The summed E-state index contributed by atoms with van der Waals surface area (Å²) in [7, 11) is 0. The van der Waals surface area contributed by atoms with E-state index in [9.17, 15) is 0 Å². The van der Waals surface area contributed by atoms with Gasteiger partial charge in [0.25, 0.3) is 0 Å². The molecule has 1 heteroatoms. The summed E-state index contributed by atoms with van der Waals surface area (Å²) in [4.78, 5) is 2.51. The largest absolute Gasteiger partial charge is 0.310 e. The van der Waals surface area contributed by atoms with Crippen LogP contribution in [0.2, 0.25) is 0 Å². The summed E-state index contributed by atoms with van der Waals surface area (Å²) in [6.45, 7) is 9.67. The van der Waals surface area contributed by atoms with Crippen molar-refractivity contribution in [1.82, 2.24) is 0 Å². The van der Waals surface area contributed by atoms with Gasteiger partial charge in [0.2, 0.25) is 0 Å². The number of hydrogen-bond acceptors (Lipinski definition) is 1. The van der Waals surface area contributed by atoms with E-state index in [1.54, 1.807) is 0 Å². The molecule has 0 aromatic heterocycles. The Balaban J connectivity index is 1.08. The maximum absolute atomic E-state index is 2.53. The van der Waals surface area contributed by atoms with Crippen molar-refractivity contribution in [3.63, 3.8) is 0 Å². The highest BCUT2D eigenvalue weighted by molar-refractivity contribution is 5.92. The summed E-state index contributed by atoms with van der Waals surface area (Å²) in [6.07, 6.45) is 9.29. The Morgan fingerprint density at radius 3 is 1.52 bits per heavy atom. The molecule has 12 rings (SSSR count). The van der Waals surface area contributed by atoms with E-state index in [4.69, 9.17) is 0 Å². The van der Waals surface area contributed by atoms with Gasteiger partial charge in [-0.15, -0.1) is 0 Å². The summed E-state index contributed by atoms with van der Waals surface area (Å²) in [5.41, 5.74) is 21.4. The molecular formula is C61H49N. The lowest BCUT2D eigenvalue weighted by Crippen LogP contribution is -2.40. The molecule has 0 N–H and O–H groups in total. The molecule has 4 aliphatic carbocycles. The number of benzene rings is 8. The fourth-order valence-electron chi connectivity index (χ4n) is 12.1. The molecule has 0 radical (unpaired) electrons. The second-order valence-corrected chi connectivity index (χ2v) is 18.9. The standard InChI is InChI=1S/C61H49N/c1-59(2)51-24-12-10-22-47(51)49-36-34-43(38-57(49)59)62(42-32-30-41(31-33-42)46-21-9-8-20-45(46)40-18-6-5-7-19-40)44-35-37-50-48-23-11-13-25-52(48)61(58(50)39-44)55-28-16-14-26-53(55)60(3,4)54-27-15-17-29-56(54)61/h5-39,47,51H,1-4H3. The molecule has 1 spiro atoms. The maximum Gasteiger partial charge on any atom is 0.0720 e. The molecular weight excluding hydrogens is 747 g/mol. The maximum atomic E-state index is 2.53. The molecule has 62 heavy (non-hydrogen) atoms. The van der Waals surface area contributed by atoms with Crippen LogP contribution in [0.3, 0.4) is 0 Å². The van der Waals surface area contributed by atoms with E-state index in [1.807, 2.05) is 0 Å². The predicted molar refractivity (Wildman–Crippen MR) is 259 cm³/mol. The van der Waals surface area contributed by atoms with E-state index in [1.165, 1.54) is 83.6 Å². The Morgan fingerprint density at radius 1 is 0.371 bits per heavy atom. The average Bonchev–Trinajstić information content (AvgIpc) is 3.74. The minimum atomic E-state index is -0.477. The Labute approximate surface area is 366 Å². The van der Waals surface area contributed by atoms with Crippen LogP contribution in [0.15, 0.2) is 212 Å². The van der Waals surface area contributed by atoms with Crippen molar-refractivity contribution in [2.24, 2.45) is 5.92 Å². The Hall–Kier alpha value is -6.96. The third-order valence-corrected chi connectivity index (χ3v) is 15.1. The molecule has 0 saturated carbocycles. The summed E-state index contributed by atoms with van der Waals surface area (Å²) < 4.78 is 0. The molecule has 4 aliphatic rings. The minimum absolute atomic E-state index is 0.0140. The number of hydrogen-bond donors (Lipinski definition) is 0. The van der Waals surface area contributed by atoms with Gasteiger partial charge in [-0.05, 0) is 126 Å². The lowest BCUT2D eigenvalue weighted by molar-refractivity contribution is 0.394. The van der Waals surface area contributed by atoms with Gasteiger partial charge >= 0.3 is 0 Å². The van der Waals surface area contributed by atoms with Crippen LogP contribution >= 0.6 is 0 Å². The first-order chi connectivity index (χ1) is 30.3. The van der Waals surface area contributed by atoms with Gasteiger partial charge in [-0.1, -0.05) is 204 Å². The lowest BCUT2D eigenvalue weighted by Gasteiger charge is -2.46. The van der Waals surface area contributed by atoms with Crippen LogP contribution in [0.25, 0.3) is 33.4 Å². The average molecular weight is 796 g/mol. The molecule has 8 aromatic rings. The van der Waals surface area contributed by atoms with Gasteiger partial charge in [0.1, 0.15) is 0 Å². The van der Waals surface area contributed by atoms with Gasteiger partial charge in [-0.25, -0.2) is 0 Å². The monoisotopic (exact) mass is 795 g/mol. The van der Waals surface area contributed by atoms with Crippen molar-refractivity contribution in [3.05, 3.63) is 257 Å². The SMILES string of the molecule is CC1(C)c2ccccc2C2(c3ccccc3-c3ccc(N(c4ccc(-c5ccccc5-c5ccccc5)cc4)c4ccc5c(c4)C(C)(C)C4C=CC=CC54)cc32)c2ccccc21. The summed E-state index contributed by atoms with van der Waals surface area (Å²) in [6, 6.07) is 71.0. The first-order valence-corrected chi connectivity index (χ1v) is 22.3. The Morgan fingerprint density at radius 2 is 0.855 bits per heavy atom. The van der Waals surface area contributed by atoms with Crippen molar-refractivity contribution >= 4 is 17.1 Å². The topological polar surface area (TPSA) is 3.24 Å². The van der Waals surface area contributed by atoms with Gasteiger partial charge in [0.15, 0.2) is 0 Å². The van der Waals surface area contributed by atoms with Gasteiger partial charge < -0.3 is 4.90 Å². The van der Waals surface area contributed by atoms with Gasteiger partial charge in [-0.2, -0.15) is 0 Å². The molecule has 0 saturated heterocycles. The number of allylic oxidation sites excluding steroid dienone is 4. The minimum Gasteiger partial charge on any atom is -0.310 e. The van der Waals surface area contributed by atoms with E-state index in [2.05, 4.69) is 245 Å². The van der Waals surface area contributed by atoms with Crippen LogP contribution in [0, 0.1) is 5.92 Å². The second-order valence-electron chi connectivity index (χ2n) is 18.9.